The summed E-state index contributed by atoms with van der Waals surface area (Å²) in [5.74, 6) is -1.63. The van der Waals surface area contributed by atoms with Crippen LogP contribution in [0.3, 0.4) is 0 Å². The van der Waals surface area contributed by atoms with Gasteiger partial charge in [-0.15, -0.1) is 0 Å². The van der Waals surface area contributed by atoms with Crippen molar-refractivity contribution in [3.05, 3.63) is 54.2 Å². The van der Waals surface area contributed by atoms with Crippen molar-refractivity contribution in [1.82, 2.24) is 14.1 Å². The van der Waals surface area contributed by atoms with Gasteiger partial charge in [0.2, 0.25) is 5.82 Å². The van der Waals surface area contributed by atoms with Crippen molar-refractivity contribution in [2.75, 3.05) is 10.6 Å². The number of amides is 2. The predicted molar refractivity (Wildman–Crippen MR) is 119 cm³/mol. The molecule has 3 aromatic rings. The second-order valence-corrected chi connectivity index (χ2v) is 8.25. The van der Waals surface area contributed by atoms with Crippen molar-refractivity contribution in [3.63, 3.8) is 0 Å². The number of aromatic nitrogens is 3. The first-order valence-electron chi connectivity index (χ1n) is 9.78. The summed E-state index contributed by atoms with van der Waals surface area (Å²) >= 11 is 0. The Morgan fingerprint density at radius 1 is 0.969 bits per heavy atom. The van der Waals surface area contributed by atoms with Crippen molar-refractivity contribution < 1.29 is 24.2 Å². The fraction of sp³-hybridized carbons (Fsp3) is 0.273. The van der Waals surface area contributed by atoms with Gasteiger partial charge in [0.1, 0.15) is 11.3 Å². The van der Waals surface area contributed by atoms with Crippen LogP contribution in [-0.2, 0) is 18.8 Å². The molecule has 0 aliphatic heterocycles. The molecule has 10 nitrogen and oxygen atoms in total. The molecule has 0 spiro atoms. The maximum absolute atomic E-state index is 12.7. The Kier molecular flexibility index (Phi) is 6.06. The quantitative estimate of drug-likeness (QED) is 0.556. The summed E-state index contributed by atoms with van der Waals surface area (Å²) in [6.45, 7) is 5.37. The Hall–Kier alpha value is -4.08. The van der Waals surface area contributed by atoms with Crippen molar-refractivity contribution in [2.24, 2.45) is 14.1 Å². The number of rotatable bonds is 5. The normalized spacial score (nSPS) is 11.2. The average Bonchev–Trinajstić information content (AvgIpc) is 3.23. The van der Waals surface area contributed by atoms with E-state index in [0.717, 1.165) is 11.1 Å². The number of aromatic carboxylic acids is 1. The molecule has 0 atom stereocenters. The molecule has 3 rings (SSSR count). The number of anilines is 2. The number of hydrogen-bond acceptors (Lipinski definition) is 5. The highest BCUT2D eigenvalue weighted by Crippen LogP contribution is 2.24. The van der Waals surface area contributed by atoms with Gasteiger partial charge in [0, 0.05) is 37.7 Å². The second-order valence-electron chi connectivity index (χ2n) is 8.25. The zero-order valence-corrected chi connectivity index (χ0v) is 18.5. The van der Waals surface area contributed by atoms with E-state index >= 15 is 0 Å². The van der Waals surface area contributed by atoms with Crippen LogP contribution in [0.5, 0.6) is 0 Å². The van der Waals surface area contributed by atoms with Gasteiger partial charge in [0.15, 0.2) is 5.82 Å². The Morgan fingerprint density at radius 3 is 2.19 bits per heavy atom. The van der Waals surface area contributed by atoms with E-state index in [1.807, 2.05) is 12.1 Å². The number of aryl methyl sites for hydroxylation is 2. The highest BCUT2D eigenvalue weighted by Gasteiger charge is 2.18. The summed E-state index contributed by atoms with van der Waals surface area (Å²) in [7, 11) is 3.27. The fourth-order valence-electron chi connectivity index (χ4n) is 3.02. The highest BCUT2D eigenvalue weighted by atomic mass is 16.6. The van der Waals surface area contributed by atoms with Crippen LogP contribution in [0, 0.1) is 0 Å². The third kappa shape index (κ3) is 5.34. The molecule has 3 N–H and O–H groups in total. The SMILES string of the molecule is Cn1cc(-c2ccc(NC(=O)OC(C)(C)C)cc2)cc1C(=O)Nc1cn(C)c(C(=O)O)n1. The van der Waals surface area contributed by atoms with Gasteiger partial charge in [-0.05, 0) is 44.5 Å². The van der Waals surface area contributed by atoms with Crippen LogP contribution < -0.4 is 10.6 Å². The Bertz CT molecular complexity index is 1170. The molecule has 0 saturated heterocycles. The van der Waals surface area contributed by atoms with Crippen LogP contribution in [0.25, 0.3) is 11.1 Å². The summed E-state index contributed by atoms with van der Waals surface area (Å²) in [6.07, 6.45) is 2.69. The largest absolute Gasteiger partial charge is 0.475 e. The first-order chi connectivity index (χ1) is 14.9. The molecule has 0 radical (unpaired) electrons. The number of benzene rings is 1. The summed E-state index contributed by atoms with van der Waals surface area (Å²) in [5, 5.41) is 14.4. The van der Waals surface area contributed by atoms with Gasteiger partial charge in [-0.25, -0.2) is 14.6 Å². The Balaban J connectivity index is 1.72. The lowest BCUT2D eigenvalue weighted by Crippen LogP contribution is -2.27. The van der Waals surface area contributed by atoms with Gasteiger partial charge in [-0.1, -0.05) is 12.1 Å². The number of carbonyl (C=O) groups excluding carboxylic acids is 2. The van der Waals surface area contributed by atoms with Crippen LogP contribution in [0.4, 0.5) is 16.3 Å². The van der Waals surface area contributed by atoms with Gasteiger partial charge in [-0.3, -0.25) is 10.1 Å². The number of ether oxygens (including phenoxy) is 1. The predicted octanol–water partition coefficient (Wildman–Crippen LogP) is 3.72. The molecule has 0 aliphatic rings. The van der Waals surface area contributed by atoms with Crippen LogP contribution in [0.2, 0.25) is 0 Å². The van der Waals surface area contributed by atoms with E-state index in [1.165, 1.54) is 17.8 Å². The molecule has 0 aliphatic carbocycles. The third-order valence-electron chi connectivity index (χ3n) is 4.41. The molecule has 2 heterocycles. The van der Waals surface area contributed by atoms with Gasteiger partial charge < -0.3 is 24.3 Å². The van der Waals surface area contributed by atoms with Crippen LogP contribution >= 0.6 is 0 Å². The molecule has 0 bridgehead atoms. The van der Waals surface area contributed by atoms with E-state index in [2.05, 4.69) is 15.6 Å². The molecular formula is C22H25N5O5. The van der Waals surface area contributed by atoms with Crippen molar-refractivity contribution in [1.29, 1.82) is 0 Å². The molecule has 2 aromatic heterocycles. The van der Waals surface area contributed by atoms with Crippen LogP contribution in [0.1, 0.15) is 41.9 Å². The van der Waals surface area contributed by atoms with E-state index < -0.39 is 23.6 Å². The molecule has 32 heavy (non-hydrogen) atoms. The monoisotopic (exact) mass is 439 g/mol. The number of carboxylic acids is 1. The molecule has 1 aromatic carbocycles. The van der Waals surface area contributed by atoms with E-state index in [9.17, 15) is 14.4 Å². The summed E-state index contributed by atoms with van der Waals surface area (Å²) in [6, 6.07) is 8.84. The lowest BCUT2D eigenvalue weighted by molar-refractivity contribution is 0.0633. The molecule has 168 valence electrons. The molecule has 0 unspecified atom stereocenters. The van der Waals surface area contributed by atoms with Gasteiger partial charge >= 0.3 is 12.1 Å². The van der Waals surface area contributed by atoms with Gasteiger partial charge in [0.25, 0.3) is 5.91 Å². The molecular weight excluding hydrogens is 414 g/mol. The smallest absolute Gasteiger partial charge is 0.412 e. The number of nitrogens with zero attached hydrogens (tertiary/aromatic N) is 3. The lowest BCUT2D eigenvalue weighted by Gasteiger charge is -2.19. The van der Waals surface area contributed by atoms with Crippen molar-refractivity contribution >= 4 is 29.5 Å². The maximum atomic E-state index is 12.7. The third-order valence-corrected chi connectivity index (χ3v) is 4.41. The Morgan fingerprint density at radius 2 is 1.62 bits per heavy atom. The van der Waals surface area contributed by atoms with E-state index in [-0.39, 0.29) is 11.6 Å². The first kappa shape index (κ1) is 22.6. The summed E-state index contributed by atoms with van der Waals surface area (Å²) < 4.78 is 8.22. The summed E-state index contributed by atoms with van der Waals surface area (Å²) in [4.78, 5) is 39.6. The van der Waals surface area contributed by atoms with Crippen LogP contribution in [-0.4, -0.2) is 42.8 Å². The zero-order chi connectivity index (χ0) is 23.6. The molecule has 2 amide bonds. The summed E-state index contributed by atoms with van der Waals surface area (Å²) in [5.41, 5.74) is 2.02. The zero-order valence-electron chi connectivity index (χ0n) is 18.5. The first-order valence-corrected chi connectivity index (χ1v) is 9.78. The van der Waals surface area contributed by atoms with Crippen molar-refractivity contribution in [2.45, 2.75) is 26.4 Å². The number of carbonyl (C=O) groups is 3. The standard InChI is InChI=1S/C22H25N5O5/c1-22(2,3)32-21(31)23-15-8-6-13(7-9-15)14-10-16(26(4)11-14)19(28)25-17-12-27(5)18(24-17)20(29)30/h6-12H,1-5H3,(H,23,31)(H,25,28)(H,29,30). The minimum atomic E-state index is -1.18. The van der Waals surface area contributed by atoms with E-state index in [0.29, 0.717) is 11.4 Å². The van der Waals surface area contributed by atoms with Crippen molar-refractivity contribution in [3.8, 4) is 11.1 Å². The molecule has 0 saturated carbocycles. The van der Waals surface area contributed by atoms with Crippen LogP contribution in [0.15, 0.2) is 42.7 Å². The van der Waals surface area contributed by atoms with Gasteiger partial charge in [-0.2, -0.15) is 0 Å². The highest BCUT2D eigenvalue weighted by molar-refractivity contribution is 6.03. The average molecular weight is 439 g/mol. The minimum absolute atomic E-state index is 0.148. The fourth-order valence-corrected chi connectivity index (χ4v) is 3.02. The lowest BCUT2D eigenvalue weighted by atomic mass is 10.1. The number of imidazole rings is 1. The Labute approximate surface area is 184 Å². The molecule has 10 heteroatoms. The minimum Gasteiger partial charge on any atom is -0.475 e. The topological polar surface area (TPSA) is 127 Å². The number of nitrogens with one attached hydrogen (secondary N) is 2. The van der Waals surface area contributed by atoms with E-state index in [4.69, 9.17) is 9.84 Å². The van der Waals surface area contributed by atoms with Gasteiger partial charge in [0.05, 0.1) is 0 Å². The molecule has 0 fully saturated rings. The van der Waals surface area contributed by atoms with E-state index in [1.54, 1.807) is 56.8 Å². The number of hydrogen-bond donors (Lipinski definition) is 3. The maximum Gasteiger partial charge on any atom is 0.412 e. The second kappa shape index (κ2) is 8.58. The number of carboxylic acid groups (broad SMARTS) is 1.